The van der Waals surface area contributed by atoms with Gasteiger partial charge in [-0.25, -0.2) is 9.13 Å². The number of hydrogen-bond donors (Lipinski definition) is 5. The Balaban J connectivity index is 3.92. The molecular formula is C47H86O15P2. The number of hydrogen-bond acceptors (Lipinski definition) is 13. The third kappa shape index (κ3) is 45.2. The molecule has 0 saturated carbocycles. The van der Waals surface area contributed by atoms with E-state index in [1.54, 1.807) is 0 Å². The number of aliphatic hydroxyl groups is 3. The van der Waals surface area contributed by atoms with Gasteiger partial charge in [0.2, 0.25) is 0 Å². The number of rotatable bonds is 46. The molecule has 0 radical (unpaired) electrons. The highest BCUT2D eigenvalue weighted by Crippen LogP contribution is 2.45. The third-order valence-corrected chi connectivity index (χ3v) is 11.7. The molecule has 5 atom stereocenters. The molecule has 5 N–H and O–H groups in total. The van der Waals surface area contributed by atoms with Gasteiger partial charge in [0, 0.05) is 12.8 Å². The maximum atomic E-state index is 12.2. The predicted octanol–water partition coefficient (Wildman–Crippen LogP) is 10.8. The fourth-order valence-corrected chi connectivity index (χ4v) is 7.57. The first-order valence-corrected chi connectivity index (χ1v) is 27.0. The van der Waals surface area contributed by atoms with E-state index in [1.165, 1.54) is 64.2 Å². The number of carbonyl (C=O) groups excluding carboxylic acids is 2. The first-order chi connectivity index (χ1) is 30.8. The lowest BCUT2D eigenvalue weighted by atomic mass is 10.1. The Bertz CT molecular complexity index is 1340. The van der Waals surface area contributed by atoms with Gasteiger partial charge in [-0.05, 0) is 77.0 Å². The van der Waals surface area contributed by atoms with Crippen molar-refractivity contribution in [1.82, 2.24) is 0 Å². The average Bonchev–Trinajstić information content (AvgIpc) is 3.27. The molecule has 0 spiro atoms. The number of carbonyl (C=O) groups is 2. The lowest BCUT2D eigenvalue weighted by Gasteiger charge is -2.19. The second-order valence-electron chi connectivity index (χ2n) is 16.1. The summed E-state index contributed by atoms with van der Waals surface area (Å²) in [4.78, 5) is 43.7. The normalized spacial score (nSPS) is 15.5. The summed E-state index contributed by atoms with van der Waals surface area (Å²) in [6, 6.07) is 0. The number of phosphoric acid groups is 2. The third-order valence-electron chi connectivity index (χ3n) is 9.76. The maximum absolute atomic E-state index is 12.2. The van der Waals surface area contributed by atoms with Crippen LogP contribution in [0.1, 0.15) is 181 Å². The lowest BCUT2D eigenvalue weighted by Crippen LogP contribution is -2.25. The Kier molecular flexibility index (Phi) is 42.2. The maximum Gasteiger partial charge on any atom is 0.472 e. The highest BCUT2D eigenvalue weighted by atomic mass is 31.2. The Labute approximate surface area is 385 Å². The first kappa shape index (κ1) is 62.0. The van der Waals surface area contributed by atoms with Gasteiger partial charge in [-0.3, -0.25) is 27.7 Å². The molecule has 0 aromatic heterocycles. The van der Waals surface area contributed by atoms with E-state index in [9.17, 15) is 43.8 Å². The van der Waals surface area contributed by atoms with Crippen LogP contribution in [0.4, 0.5) is 0 Å². The largest absolute Gasteiger partial charge is 0.472 e. The molecule has 374 valence electrons. The molecule has 5 unspecified atom stereocenters. The zero-order valence-corrected chi connectivity index (χ0v) is 41.0. The minimum atomic E-state index is -4.79. The van der Waals surface area contributed by atoms with Crippen molar-refractivity contribution in [2.45, 2.75) is 199 Å². The summed E-state index contributed by atoms with van der Waals surface area (Å²) in [5, 5.41) is 30.0. The van der Waals surface area contributed by atoms with Crippen molar-refractivity contribution in [2.75, 3.05) is 39.6 Å². The number of phosphoric ester groups is 2. The SMILES string of the molecule is CCCCC/C=C\C/C=C\C/C=C\CCCCCCCCC(=O)OCC(O)COP(=O)(O)OCC(O)COP(=O)(O)OCC(O)COC(=O)CCCCC/C=C\CCCCCCCC. The summed E-state index contributed by atoms with van der Waals surface area (Å²) in [7, 11) is -9.58. The van der Waals surface area contributed by atoms with E-state index in [0.717, 1.165) is 77.0 Å². The topological polar surface area (TPSA) is 225 Å². The first-order valence-electron chi connectivity index (χ1n) is 24.0. The standard InChI is InChI=1S/C47H86O15P2/c1-3-5-7-9-11-13-15-17-18-19-20-21-22-24-26-28-30-32-34-36-47(52)58-38-44(49)40-60-64(55,56)62-42-45(50)41-61-63(53,54)59-39-43(48)37-57-46(51)35-33-31-29-27-25-23-16-14-12-10-8-6-4-2/h11,13,17-18,20-21,23,25,43-45,48-50H,3-10,12,14-16,19,22,24,26-42H2,1-2H3,(H,53,54)(H,55,56)/b13-11-,18-17-,21-20-,25-23-. The van der Waals surface area contributed by atoms with E-state index >= 15 is 0 Å². The van der Waals surface area contributed by atoms with Crippen LogP contribution in [0.2, 0.25) is 0 Å². The van der Waals surface area contributed by atoms with Gasteiger partial charge in [-0.2, -0.15) is 0 Å². The summed E-state index contributed by atoms with van der Waals surface area (Å²) in [5.41, 5.74) is 0. The quantitative estimate of drug-likeness (QED) is 0.0166. The minimum Gasteiger partial charge on any atom is -0.463 e. The second kappa shape index (κ2) is 43.6. The smallest absolute Gasteiger partial charge is 0.463 e. The number of unbranched alkanes of at least 4 members (excludes halogenated alkanes) is 18. The second-order valence-corrected chi connectivity index (χ2v) is 19.0. The van der Waals surface area contributed by atoms with E-state index < -0.39 is 85.5 Å². The van der Waals surface area contributed by atoms with Gasteiger partial charge in [0.1, 0.15) is 31.5 Å². The highest BCUT2D eigenvalue weighted by Gasteiger charge is 2.28. The summed E-state index contributed by atoms with van der Waals surface area (Å²) in [6.45, 7) is 0.346. The van der Waals surface area contributed by atoms with Crippen LogP contribution in [0.15, 0.2) is 48.6 Å². The zero-order chi connectivity index (χ0) is 47.4. The molecule has 0 saturated heterocycles. The van der Waals surface area contributed by atoms with Crippen LogP contribution in [-0.2, 0) is 46.3 Å². The van der Waals surface area contributed by atoms with E-state index in [4.69, 9.17) is 9.47 Å². The van der Waals surface area contributed by atoms with Crippen molar-refractivity contribution < 1.29 is 71.4 Å². The van der Waals surface area contributed by atoms with Crippen LogP contribution in [0.5, 0.6) is 0 Å². The van der Waals surface area contributed by atoms with Crippen molar-refractivity contribution in [2.24, 2.45) is 0 Å². The average molecular weight is 953 g/mol. The van der Waals surface area contributed by atoms with Gasteiger partial charge in [0.15, 0.2) is 0 Å². The van der Waals surface area contributed by atoms with E-state index in [2.05, 4.69) is 80.6 Å². The molecule has 0 aliphatic heterocycles. The molecular weight excluding hydrogens is 866 g/mol. The molecule has 0 amide bonds. The Morgan fingerprint density at radius 3 is 1.06 bits per heavy atom. The Morgan fingerprint density at radius 2 is 0.672 bits per heavy atom. The number of esters is 2. The molecule has 0 bridgehead atoms. The van der Waals surface area contributed by atoms with E-state index in [-0.39, 0.29) is 12.8 Å². The molecule has 0 fully saturated rings. The van der Waals surface area contributed by atoms with Crippen molar-refractivity contribution in [3.63, 3.8) is 0 Å². The fraction of sp³-hybridized carbons (Fsp3) is 0.787. The van der Waals surface area contributed by atoms with Gasteiger partial charge >= 0.3 is 27.6 Å². The predicted molar refractivity (Wildman–Crippen MR) is 251 cm³/mol. The van der Waals surface area contributed by atoms with Crippen LogP contribution in [0.25, 0.3) is 0 Å². The van der Waals surface area contributed by atoms with Crippen LogP contribution in [0.3, 0.4) is 0 Å². The fourth-order valence-electron chi connectivity index (χ4n) is 5.98. The van der Waals surface area contributed by atoms with Crippen molar-refractivity contribution in [3.8, 4) is 0 Å². The number of aliphatic hydroxyl groups excluding tert-OH is 3. The minimum absolute atomic E-state index is 0.176. The molecule has 64 heavy (non-hydrogen) atoms. The summed E-state index contributed by atoms with van der Waals surface area (Å²) >= 11 is 0. The van der Waals surface area contributed by atoms with Crippen LogP contribution >= 0.6 is 15.6 Å². The van der Waals surface area contributed by atoms with E-state index in [0.29, 0.717) is 12.8 Å². The molecule has 0 heterocycles. The molecule has 0 aliphatic rings. The highest BCUT2D eigenvalue weighted by molar-refractivity contribution is 7.47. The van der Waals surface area contributed by atoms with Gasteiger partial charge in [-0.1, -0.05) is 140 Å². The zero-order valence-electron chi connectivity index (χ0n) is 39.2. The monoisotopic (exact) mass is 953 g/mol. The van der Waals surface area contributed by atoms with Crippen molar-refractivity contribution >= 4 is 27.6 Å². The summed E-state index contributed by atoms with van der Waals surface area (Å²) in [6.07, 6.45) is 39.6. The van der Waals surface area contributed by atoms with Crippen molar-refractivity contribution in [1.29, 1.82) is 0 Å². The van der Waals surface area contributed by atoms with Gasteiger partial charge < -0.3 is 34.6 Å². The number of allylic oxidation sites excluding steroid dienone is 8. The molecule has 0 aromatic carbocycles. The molecule has 0 aromatic rings. The molecule has 15 nitrogen and oxygen atoms in total. The van der Waals surface area contributed by atoms with Crippen LogP contribution in [-0.4, -0.2) is 95.0 Å². The van der Waals surface area contributed by atoms with E-state index in [1.807, 2.05) is 0 Å². The Morgan fingerprint density at radius 1 is 0.406 bits per heavy atom. The lowest BCUT2D eigenvalue weighted by molar-refractivity contribution is -0.148. The molecule has 0 rings (SSSR count). The number of ether oxygens (including phenoxy) is 2. The molecule has 0 aliphatic carbocycles. The molecule has 17 heteroatoms. The summed E-state index contributed by atoms with van der Waals surface area (Å²) < 4.78 is 52.9. The van der Waals surface area contributed by atoms with Crippen LogP contribution < -0.4 is 0 Å². The van der Waals surface area contributed by atoms with Crippen LogP contribution in [0, 0.1) is 0 Å². The van der Waals surface area contributed by atoms with Gasteiger partial charge in [0.05, 0.1) is 26.4 Å². The summed E-state index contributed by atoms with van der Waals surface area (Å²) in [5.74, 6) is -1.02. The Hall–Kier alpha value is -2.00. The van der Waals surface area contributed by atoms with Crippen molar-refractivity contribution in [3.05, 3.63) is 48.6 Å². The van der Waals surface area contributed by atoms with Gasteiger partial charge in [-0.15, -0.1) is 0 Å². The van der Waals surface area contributed by atoms with Gasteiger partial charge in [0.25, 0.3) is 0 Å².